The van der Waals surface area contributed by atoms with Gasteiger partial charge in [-0.1, -0.05) is 12.1 Å². The van der Waals surface area contributed by atoms with Crippen LogP contribution >= 0.6 is 12.2 Å². The van der Waals surface area contributed by atoms with Crippen LogP contribution in [-0.2, 0) is 0 Å². The topological polar surface area (TPSA) is 24.1 Å². The van der Waals surface area contributed by atoms with Crippen molar-refractivity contribution >= 4 is 17.3 Å². The fraction of sp³-hybridized carbons (Fsp3) is 0.364. The quantitative estimate of drug-likeness (QED) is 0.757. The Balaban J connectivity index is 2.78. The van der Waals surface area contributed by atoms with Crippen LogP contribution in [-0.4, -0.2) is 12.2 Å². The van der Waals surface area contributed by atoms with E-state index in [9.17, 15) is 4.39 Å². The molecule has 15 heavy (non-hydrogen) atoms. The molecule has 0 heterocycles. The first kappa shape index (κ1) is 11.9. The lowest BCUT2D eigenvalue weighted by Crippen LogP contribution is -2.34. The van der Waals surface area contributed by atoms with E-state index >= 15 is 0 Å². The summed E-state index contributed by atoms with van der Waals surface area (Å²) in [7, 11) is 1.75. The average molecular weight is 226 g/mol. The molecule has 2 nitrogen and oxygen atoms in total. The van der Waals surface area contributed by atoms with Crippen LogP contribution < -0.4 is 10.6 Å². The molecule has 1 aromatic carbocycles. The second-order valence-corrected chi connectivity index (χ2v) is 3.86. The van der Waals surface area contributed by atoms with Gasteiger partial charge in [0, 0.05) is 7.05 Å². The van der Waals surface area contributed by atoms with Gasteiger partial charge >= 0.3 is 0 Å². The van der Waals surface area contributed by atoms with Gasteiger partial charge in [-0.25, -0.2) is 4.39 Å². The maximum Gasteiger partial charge on any atom is 0.166 e. The fourth-order valence-electron chi connectivity index (χ4n) is 1.23. The van der Waals surface area contributed by atoms with Gasteiger partial charge in [-0.3, -0.25) is 0 Å². The van der Waals surface area contributed by atoms with Crippen LogP contribution in [0.4, 0.5) is 4.39 Å². The number of hydrogen-bond acceptors (Lipinski definition) is 1. The zero-order chi connectivity index (χ0) is 11.4. The third kappa shape index (κ3) is 3.16. The van der Waals surface area contributed by atoms with Crippen molar-refractivity contribution in [1.82, 2.24) is 10.6 Å². The third-order valence-corrected chi connectivity index (χ3v) is 2.59. The van der Waals surface area contributed by atoms with Gasteiger partial charge in [0.05, 0.1) is 6.04 Å². The molecule has 0 aromatic heterocycles. The summed E-state index contributed by atoms with van der Waals surface area (Å²) in [5.74, 6) is -0.184. The molecule has 0 fully saturated rings. The molecule has 0 aliphatic rings. The lowest BCUT2D eigenvalue weighted by atomic mass is 10.1. The highest BCUT2D eigenvalue weighted by Gasteiger charge is 2.07. The van der Waals surface area contributed by atoms with Crippen LogP contribution in [0, 0.1) is 12.7 Å². The van der Waals surface area contributed by atoms with E-state index in [2.05, 4.69) is 10.6 Å². The minimum absolute atomic E-state index is 0.0000463. The Hall–Kier alpha value is -1.16. The Morgan fingerprint density at radius 1 is 1.47 bits per heavy atom. The van der Waals surface area contributed by atoms with Crippen molar-refractivity contribution < 1.29 is 4.39 Å². The number of thiocarbonyl (C=S) groups is 1. The number of rotatable bonds is 2. The van der Waals surface area contributed by atoms with Crippen molar-refractivity contribution in [2.45, 2.75) is 19.9 Å². The lowest BCUT2D eigenvalue weighted by molar-refractivity contribution is 0.609. The molecule has 1 rings (SSSR count). The van der Waals surface area contributed by atoms with Gasteiger partial charge in [0.1, 0.15) is 5.82 Å². The van der Waals surface area contributed by atoms with Crippen LogP contribution in [0.15, 0.2) is 18.2 Å². The zero-order valence-corrected chi connectivity index (χ0v) is 9.91. The van der Waals surface area contributed by atoms with E-state index < -0.39 is 0 Å². The molecule has 0 radical (unpaired) electrons. The van der Waals surface area contributed by atoms with E-state index in [1.807, 2.05) is 13.0 Å². The molecule has 0 saturated carbocycles. The van der Waals surface area contributed by atoms with E-state index in [1.165, 1.54) is 6.07 Å². The average Bonchev–Trinajstić information content (AvgIpc) is 2.21. The fourth-order valence-corrected chi connectivity index (χ4v) is 1.41. The molecule has 1 aromatic rings. The summed E-state index contributed by atoms with van der Waals surface area (Å²) in [4.78, 5) is 0. The van der Waals surface area contributed by atoms with Crippen LogP contribution in [0.5, 0.6) is 0 Å². The Bertz CT molecular complexity index is 366. The highest BCUT2D eigenvalue weighted by Crippen LogP contribution is 2.15. The molecule has 0 saturated heterocycles. The van der Waals surface area contributed by atoms with Crippen molar-refractivity contribution in [3.63, 3.8) is 0 Å². The van der Waals surface area contributed by atoms with Crippen molar-refractivity contribution in [2.24, 2.45) is 0 Å². The first-order valence-corrected chi connectivity index (χ1v) is 5.19. The lowest BCUT2D eigenvalue weighted by Gasteiger charge is -2.16. The number of nitrogens with one attached hydrogen (secondary N) is 2. The van der Waals surface area contributed by atoms with Gasteiger partial charge in [-0.05, 0) is 43.3 Å². The number of halogens is 1. The van der Waals surface area contributed by atoms with Gasteiger partial charge in [-0.15, -0.1) is 0 Å². The first-order valence-electron chi connectivity index (χ1n) is 4.79. The molecule has 0 bridgehead atoms. The SMILES string of the molecule is CNC(=S)NC(C)c1ccc(C)c(F)c1. The maximum absolute atomic E-state index is 13.3. The highest BCUT2D eigenvalue weighted by molar-refractivity contribution is 7.80. The van der Waals surface area contributed by atoms with Crippen molar-refractivity contribution in [3.8, 4) is 0 Å². The summed E-state index contributed by atoms with van der Waals surface area (Å²) in [6.07, 6.45) is 0. The third-order valence-electron chi connectivity index (χ3n) is 2.27. The second kappa shape index (κ2) is 5.07. The molecule has 0 amide bonds. The summed E-state index contributed by atoms with van der Waals surface area (Å²) < 4.78 is 13.3. The van der Waals surface area contributed by atoms with Gasteiger partial charge in [0.15, 0.2) is 5.11 Å². The molecular weight excluding hydrogens is 211 g/mol. The van der Waals surface area contributed by atoms with Gasteiger partial charge < -0.3 is 10.6 Å². The van der Waals surface area contributed by atoms with Crippen molar-refractivity contribution in [1.29, 1.82) is 0 Å². The van der Waals surface area contributed by atoms with Gasteiger partial charge in [0.25, 0.3) is 0 Å². The van der Waals surface area contributed by atoms with Crippen molar-refractivity contribution in [3.05, 3.63) is 35.1 Å². The molecule has 82 valence electrons. The summed E-state index contributed by atoms with van der Waals surface area (Å²) in [6, 6.07) is 5.20. The van der Waals surface area contributed by atoms with E-state index in [-0.39, 0.29) is 11.9 Å². The number of benzene rings is 1. The zero-order valence-electron chi connectivity index (χ0n) is 9.10. The number of hydrogen-bond donors (Lipinski definition) is 2. The minimum Gasteiger partial charge on any atom is -0.366 e. The minimum atomic E-state index is -0.184. The Morgan fingerprint density at radius 2 is 2.13 bits per heavy atom. The largest absolute Gasteiger partial charge is 0.366 e. The molecule has 4 heteroatoms. The summed E-state index contributed by atoms with van der Waals surface area (Å²) >= 11 is 4.97. The predicted octanol–water partition coefficient (Wildman–Crippen LogP) is 2.29. The van der Waals surface area contributed by atoms with Gasteiger partial charge in [0.2, 0.25) is 0 Å². The van der Waals surface area contributed by atoms with Gasteiger partial charge in [-0.2, -0.15) is 0 Å². The Morgan fingerprint density at radius 3 is 2.67 bits per heavy atom. The first-order chi connectivity index (χ1) is 7.04. The Kier molecular flexibility index (Phi) is 4.03. The number of aryl methyl sites for hydroxylation is 1. The molecule has 0 aliphatic heterocycles. The molecule has 1 atom stereocenters. The summed E-state index contributed by atoms with van der Waals surface area (Å²) in [6.45, 7) is 3.68. The van der Waals surface area contributed by atoms with E-state index in [0.29, 0.717) is 10.7 Å². The standard InChI is InChI=1S/C11H15FN2S/c1-7-4-5-9(6-10(7)12)8(2)14-11(15)13-3/h4-6,8H,1-3H3,(H2,13,14,15). The highest BCUT2D eigenvalue weighted by atomic mass is 32.1. The molecule has 2 N–H and O–H groups in total. The van der Waals surface area contributed by atoms with E-state index in [1.54, 1.807) is 20.0 Å². The van der Waals surface area contributed by atoms with Crippen LogP contribution in [0.1, 0.15) is 24.1 Å². The van der Waals surface area contributed by atoms with Crippen LogP contribution in [0.3, 0.4) is 0 Å². The maximum atomic E-state index is 13.3. The van der Waals surface area contributed by atoms with E-state index in [4.69, 9.17) is 12.2 Å². The molecular formula is C11H15FN2S. The molecule has 1 unspecified atom stereocenters. The van der Waals surface area contributed by atoms with Crippen LogP contribution in [0.2, 0.25) is 0 Å². The van der Waals surface area contributed by atoms with Crippen molar-refractivity contribution in [2.75, 3.05) is 7.05 Å². The smallest absolute Gasteiger partial charge is 0.166 e. The van der Waals surface area contributed by atoms with Crippen LogP contribution in [0.25, 0.3) is 0 Å². The van der Waals surface area contributed by atoms with E-state index in [0.717, 1.165) is 5.56 Å². The molecule has 0 aliphatic carbocycles. The normalized spacial score (nSPS) is 12.0. The Labute approximate surface area is 94.9 Å². The predicted molar refractivity (Wildman–Crippen MR) is 64.3 cm³/mol. The monoisotopic (exact) mass is 226 g/mol. The molecule has 0 spiro atoms. The second-order valence-electron chi connectivity index (χ2n) is 3.45. The summed E-state index contributed by atoms with van der Waals surface area (Å²) in [5.41, 5.74) is 1.54. The summed E-state index contributed by atoms with van der Waals surface area (Å²) in [5, 5.41) is 6.42.